The van der Waals surface area contributed by atoms with Crippen LogP contribution in [0.4, 0.5) is 0 Å². The first-order valence-electron chi connectivity index (χ1n) is 6.59. The maximum absolute atomic E-state index is 12.3. The van der Waals surface area contributed by atoms with Gasteiger partial charge in [-0.05, 0) is 44.9 Å². The number of ether oxygens (including phenoxy) is 1. The molecule has 3 heteroatoms. The van der Waals surface area contributed by atoms with Gasteiger partial charge in [0.2, 0.25) is 0 Å². The van der Waals surface area contributed by atoms with Crippen molar-refractivity contribution in [1.82, 2.24) is 0 Å². The SMILES string of the molecule is C=C(C)[C@@H]1CC[C@@H](C)[C@]1(CCC(C)=O)C(=O)OC. The highest BCUT2D eigenvalue weighted by molar-refractivity contribution is 5.81. The van der Waals surface area contributed by atoms with E-state index in [1.54, 1.807) is 6.92 Å². The lowest BCUT2D eigenvalue weighted by Gasteiger charge is -2.36. The highest BCUT2D eigenvalue weighted by atomic mass is 16.5. The van der Waals surface area contributed by atoms with E-state index in [1.165, 1.54) is 7.11 Å². The number of Topliss-reactive ketones (excluding diaryl/α,β-unsaturated/α-hetero) is 1. The van der Waals surface area contributed by atoms with Crippen LogP contribution >= 0.6 is 0 Å². The molecule has 0 spiro atoms. The predicted octanol–water partition coefficient (Wildman–Crippen LogP) is 3.14. The van der Waals surface area contributed by atoms with Gasteiger partial charge >= 0.3 is 5.97 Å². The summed E-state index contributed by atoms with van der Waals surface area (Å²) < 4.78 is 5.03. The predicted molar refractivity (Wildman–Crippen MR) is 71.1 cm³/mol. The quantitative estimate of drug-likeness (QED) is 0.557. The van der Waals surface area contributed by atoms with E-state index in [0.29, 0.717) is 12.8 Å². The second-order valence-corrected chi connectivity index (χ2v) is 5.61. The van der Waals surface area contributed by atoms with Crippen molar-refractivity contribution in [3.8, 4) is 0 Å². The average Bonchev–Trinajstić information content (AvgIpc) is 2.64. The molecule has 0 amide bonds. The first-order chi connectivity index (χ1) is 8.36. The van der Waals surface area contributed by atoms with Crippen LogP contribution < -0.4 is 0 Å². The Morgan fingerprint density at radius 3 is 2.39 bits per heavy atom. The number of hydrogen-bond donors (Lipinski definition) is 0. The molecule has 0 aromatic carbocycles. The van der Waals surface area contributed by atoms with Crippen LogP contribution in [0.15, 0.2) is 12.2 Å². The van der Waals surface area contributed by atoms with Crippen molar-refractivity contribution in [2.24, 2.45) is 17.3 Å². The lowest BCUT2D eigenvalue weighted by Crippen LogP contribution is -2.41. The molecule has 0 aliphatic heterocycles. The van der Waals surface area contributed by atoms with Crippen molar-refractivity contribution >= 4 is 11.8 Å². The molecular formula is C15H24O3. The van der Waals surface area contributed by atoms with Crippen LogP contribution in [0.1, 0.15) is 46.5 Å². The van der Waals surface area contributed by atoms with E-state index < -0.39 is 5.41 Å². The molecule has 1 fully saturated rings. The van der Waals surface area contributed by atoms with Gasteiger partial charge in [-0.2, -0.15) is 0 Å². The van der Waals surface area contributed by atoms with Crippen LogP contribution in [0.25, 0.3) is 0 Å². The normalized spacial score (nSPS) is 31.1. The van der Waals surface area contributed by atoms with Crippen molar-refractivity contribution in [1.29, 1.82) is 0 Å². The molecule has 1 saturated carbocycles. The average molecular weight is 252 g/mol. The number of allylic oxidation sites excluding steroid dienone is 1. The van der Waals surface area contributed by atoms with Gasteiger partial charge in [0.15, 0.2) is 0 Å². The Hall–Kier alpha value is -1.12. The van der Waals surface area contributed by atoms with Crippen molar-refractivity contribution in [3.63, 3.8) is 0 Å². The van der Waals surface area contributed by atoms with Gasteiger partial charge < -0.3 is 9.53 Å². The molecule has 3 nitrogen and oxygen atoms in total. The Bertz CT molecular complexity index is 359. The first kappa shape index (κ1) is 14.9. The lowest BCUT2D eigenvalue weighted by atomic mass is 9.67. The fourth-order valence-corrected chi connectivity index (χ4v) is 3.40. The minimum atomic E-state index is -0.549. The van der Waals surface area contributed by atoms with Crippen LogP contribution in [-0.2, 0) is 14.3 Å². The highest BCUT2D eigenvalue weighted by Gasteiger charge is 2.54. The molecule has 3 atom stereocenters. The summed E-state index contributed by atoms with van der Waals surface area (Å²) in [6, 6.07) is 0. The monoisotopic (exact) mass is 252 g/mol. The summed E-state index contributed by atoms with van der Waals surface area (Å²) in [6.07, 6.45) is 2.96. The van der Waals surface area contributed by atoms with Crippen LogP contribution in [0.5, 0.6) is 0 Å². The molecule has 18 heavy (non-hydrogen) atoms. The Morgan fingerprint density at radius 2 is 1.94 bits per heavy atom. The molecule has 0 heterocycles. The number of carbonyl (C=O) groups excluding carboxylic acids is 2. The van der Waals surface area contributed by atoms with Crippen molar-refractivity contribution < 1.29 is 14.3 Å². The standard InChI is InChI=1S/C15H24O3/c1-10(2)13-7-6-11(3)15(13,14(17)18-5)9-8-12(4)16/h11,13H,1,6-9H2,2-5H3/t11-,13+,15+/m1/s1. The van der Waals surface area contributed by atoms with E-state index in [2.05, 4.69) is 13.5 Å². The summed E-state index contributed by atoms with van der Waals surface area (Å²) >= 11 is 0. The van der Waals surface area contributed by atoms with E-state index in [-0.39, 0.29) is 23.6 Å². The molecule has 0 aromatic heterocycles. The van der Waals surface area contributed by atoms with Crippen LogP contribution in [0.3, 0.4) is 0 Å². The summed E-state index contributed by atoms with van der Waals surface area (Å²) in [7, 11) is 1.43. The van der Waals surface area contributed by atoms with Gasteiger partial charge in [-0.1, -0.05) is 19.1 Å². The van der Waals surface area contributed by atoms with E-state index in [1.807, 2.05) is 6.92 Å². The number of ketones is 1. The Balaban J connectivity index is 3.10. The zero-order valence-electron chi connectivity index (χ0n) is 11.9. The molecule has 1 aliphatic carbocycles. The molecule has 1 aliphatic rings. The van der Waals surface area contributed by atoms with Crippen LogP contribution in [0, 0.1) is 17.3 Å². The van der Waals surface area contributed by atoms with Crippen molar-refractivity contribution in [2.45, 2.75) is 46.5 Å². The maximum atomic E-state index is 12.3. The number of methoxy groups -OCH3 is 1. The number of carbonyl (C=O) groups is 2. The van der Waals surface area contributed by atoms with Gasteiger partial charge in [-0.15, -0.1) is 0 Å². The Morgan fingerprint density at radius 1 is 1.33 bits per heavy atom. The van der Waals surface area contributed by atoms with Gasteiger partial charge in [0.25, 0.3) is 0 Å². The fourth-order valence-electron chi connectivity index (χ4n) is 3.40. The fraction of sp³-hybridized carbons (Fsp3) is 0.733. The molecule has 0 N–H and O–H groups in total. The molecule has 0 radical (unpaired) electrons. The van der Waals surface area contributed by atoms with Crippen molar-refractivity contribution in [3.05, 3.63) is 12.2 Å². The largest absolute Gasteiger partial charge is 0.469 e. The lowest BCUT2D eigenvalue weighted by molar-refractivity contribution is -0.158. The Labute approximate surface area is 110 Å². The molecule has 1 rings (SSSR count). The van der Waals surface area contributed by atoms with E-state index in [9.17, 15) is 9.59 Å². The minimum Gasteiger partial charge on any atom is -0.469 e. The van der Waals surface area contributed by atoms with Gasteiger partial charge in [0.1, 0.15) is 5.78 Å². The van der Waals surface area contributed by atoms with Gasteiger partial charge in [0.05, 0.1) is 12.5 Å². The molecule has 0 saturated heterocycles. The summed E-state index contributed by atoms with van der Waals surface area (Å²) in [4.78, 5) is 23.6. The maximum Gasteiger partial charge on any atom is 0.312 e. The zero-order chi connectivity index (χ0) is 13.9. The van der Waals surface area contributed by atoms with Gasteiger partial charge in [0, 0.05) is 6.42 Å². The molecule has 0 bridgehead atoms. The Kier molecular flexibility index (Phi) is 4.71. The molecule has 102 valence electrons. The van der Waals surface area contributed by atoms with Gasteiger partial charge in [-0.25, -0.2) is 0 Å². The number of hydrogen-bond acceptors (Lipinski definition) is 3. The second-order valence-electron chi connectivity index (χ2n) is 5.61. The smallest absolute Gasteiger partial charge is 0.312 e. The number of esters is 1. The number of rotatable bonds is 5. The third-order valence-corrected chi connectivity index (χ3v) is 4.44. The molecule has 0 unspecified atom stereocenters. The third kappa shape index (κ3) is 2.50. The molecular weight excluding hydrogens is 228 g/mol. The van der Waals surface area contributed by atoms with Crippen LogP contribution in [-0.4, -0.2) is 18.9 Å². The highest BCUT2D eigenvalue weighted by Crippen LogP contribution is 2.54. The van der Waals surface area contributed by atoms with Crippen molar-refractivity contribution in [2.75, 3.05) is 7.11 Å². The summed E-state index contributed by atoms with van der Waals surface area (Å²) in [5.41, 5.74) is 0.472. The summed E-state index contributed by atoms with van der Waals surface area (Å²) in [6.45, 7) is 9.64. The van der Waals surface area contributed by atoms with Gasteiger partial charge in [-0.3, -0.25) is 4.79 Å². The second kappa shape index (κ2) is 5.68. The van der Waals surface area contributed by atoms with Crippen LogP contribution in [0.2, 0.25) is 0 Å². The topological polar surface area (TPSA) is 43.4 Å². The summed E-state index contributed by atoms with van der Waals surface area (Å²) in [5, 5.41) is 0. The van der Waals surface area contributed by atoms with E-state index >= 15 is 0 Å². The van der Waals surface area contributed by atoms with E-state index in [0.717, 1.165) is 18.4 Å². The molecule has 0 aromatic rings. The first-order valence-corrected chi connectivity index (χ1v) is 6.59. The van der Waals surface area contributed by atoms with E-state index in [4.69, 9.17) is 4.74 Å². The summed E-state index contributed by atoms with van der Waals surface area (Å²) in [5.74, 6) is 0.324. The zero-order valence-corrected chi connectivity index (χ0v) is 11.9. The minimum absolute atomic E-state index is 0.123. The third-order valence-electron chi connectivity index (χ3n) is 4.44.